The van der Waals surface area contributed by atoms with Crippen LogP contribution in [0.1, 0.15) is 55.4 Å². The topological polar surface area (TPSA) is 169 Å². The average Bonchev–Trinajstić information content (AvgIpc) is 3.32. The van der Waals surface area contributed by atoms with Gasteiger partial charge in [-0.25, -0.2) is 9.59 Å². The summed E-state index contributed by atoms with van der Waals surface area (Å²) in [6.45, 7) is 1.77. The summed E-state index contributed by atoms with van der Waals surface area (Å²) >= 11 is 0. The van der Waals surface area contributed by atoms with Gasteiger partial charge in [0.25, 0.3) is 0 Å². The number of carbonyl (C=O) groups is 4. The standard InChI is InChI=1S/C32H33NO11/c1-17(34)41-22(30(39)44-26(29(37)38)18-7-4-3-5-8-18)16-24(36)42-21-11-13-32(40)23-15-19-9-10-20(35)27-25(19)31(32,28(21)43-27)12-6-14-33(23)2/h3-5,7-11,22-23,26,28,35,40H,6,12-16H2,1-2H3,(H,37,38)/t22-,23+,26-,28-,31-,32+/m0/s1. The van der Waals surface area contributed by atoms with E-state index in [2.05, 4.69) is 4.90 Å². The van der Waals surface area contributed by atoms with Crippen molar-refractivity contribution in [2.75, 3.05) is 13.6 Å². The summed E-state index contributed by atoms with van der Waals surface area (Å²) in [7, 11) is 1.97. The lowest BCUT2D eigenvalue weighted by Gasteiger charge is -2.56. The van der Waals surface area contributed by atoms with E-state index in [1.54, 1.807) is 30.3 Å². The molecular weight excluding hydrogens is 574 g/mol. The number of benzene rings is 2. The largest absolute Gasteiger partial charge is 0.504 e. The maximum atomic E-state index is 13.3. The van der Waals surface area contributed by atoms with Crippen molar-refractivity contribution in [2.24, 2.45) is 0 Å². The van der Waals surface area contributed by atoms with Gasteiger partial charge in [0.15, 0.2) is 17.6 Å². The van der Waals surface area contributed by atoms with E-state index in [4.69, 9.17) is 18.9 Å². The first-order valence-electron chi connectivity index (χ1n) is 14.5. The predicted molar refractivity (Wildman–Crippen MR) is 150 cm³/mol. The quantitative estimate of drug-likeness (QED) is 0.296. The van der Waals surface area contributed by atoms with Crippen LogP contribution in [0, 0.1) is 0 Å². The van der Waals surface area contributed by atoms with Gasteiger partial charge in [-0.15, -0.1) is 0 Å². The fraction of sp³-hybridized carbons (Fsp3) is 0.438. The van der Waals surface area contributed by atoms with E-state index in [0.29, 0.717) is 12.8 Å². The van der Waals surface area contributed by atoms with Crippen molar-refractivity contribution >= 4 is 23.9 Å². The summed E-state index contributed by atoms with van der Waals surface area (Å²) in [5.74, 6) is -4.27. The number of aliphatic carboxylic acids is 1. The Morgan fingerprint density at radius 2 is 1.86 bits per heavy atom. The Labute approximate surface area is 252 Å². The van der Waals surface area contributed by atoms with Gasteiger partial charge in [-0.1, -0.05) is 36.4 Å². The molecule has 2 bridgehead atoms. The number of carboxylic acid groups (broad SMARTS) is 1. The Balaban J connectivity index is 1.27. The Kier molecular flexibility index (Phi) is 7.37. The number of esters is 3. The van der Waals surface area contributed by atoms with Gasteiger partial charge in [-0.2, -0.15) is 0 Å². The number of nitrogens with zero attached hydrogens (tertiary/aromatic N) is 1. The first-order chi connectivity index (χ1) is 21.0. The summed E-state index contributed by atoms with van der Waals surface area (Å²) in [6, 6.07) is 10.9. The van der Waals surface area contributed by atoms with E-state index >= 15 is 0 Å². The molecule has 6 atom stereocenters. The molecule has 0 aromatic heterocycles. The molecule has 12 nitrogen and oxygen atoms in total. The average molecular weight is 608 g/mol. The highest BCUT2D eigenvalue weighted by Crippen LogP contribution is 2.64. The van der Waals surface area contributed by atoms with Crippen molar-refractivity contribution in [3.63, 3.8) is 0 Å². The van der Waals surface area contributed by atoms with Crippen molar-refractivity contribution in [1.29, 1.82) is 0 Å². The molecule has 232 valence electrons. The SMILES string of the molecule is CC(=O)O[C@@H](CC(=O)OC1=CC[C@@]2(O)[C@H]3Cc4ccc(O)c5c4[C@@]2(CCCN3C)[C@H]1O5)C(=O)O[C@H](C(=O)O)c1ccccc1. The number of likely N-dealkylation sites (N-methyl/N-ethyl adjacent to an activating group) is 1. The molecule has 1 fully saturated rings. The maximum Gasteiger partial charge on any atom is 0.349 e. The highest BCUT2D eigenvalue weighted by Gasteiger charge is 2.71. The molecule has 0 saturated carbocycles. The second kappa shape index (κ2) is 10.9. The van der Waals surface area contributed by atoms with Crippen molar-refractivity contribution in [3.8, 4) is 11.5 Å². The molecule has 2 aliphatic heterocycles. The third kappa shape index (κ3) is 4.60. The third-order valence-electron chi connectivity index (χ3n) is 9.29. The van der Waals surface area contributed by atoms with Crippen molar-refractivity contribution < 1.29 is 53.4 Å². The number of phenolic OH excluding ortho intramolecular Hbond substituents is 1. The van der Waals surface area contributed by atoms with Crippen LogP contribution in [0.4, 0.5) is 0 Å². The van der Waals surface area contributed by atoms with Gasteiger partial charge in [0.05, 0.1) is 17.4 Å². The van der Waals surface area contributed by atoms with Crippen LogP contribution in [-0.2, 0) is 45.2 Å². The number of aliphatic hydroxyl groups is 1. The second-order valence-electron chi connectivity index (χ2n) is 11.8. The lowest BCUT2D eigenvalue weighted by atomic mass is 9.52. The number of rotatable bonds is 8. The van der Waals surface area contributed by atoms with Crippen LogP contribution in [0.5, 0.6) is 11.5 Å². The first-order valence-corrected chi connectivity index (χ1v) is 14.5. The number of aromatic hydroxyl groups is 1. The van der Waals surface area contributed by atoms with Crippen LogP contribution in [0.2, 0.25) is 0 Å². The molecule has 4 aliphatic rings. The second-order valence-corrected chi connectivity index (χ2v) is 11.8. The summed E-state index contributed by atoms with van der Waals surface area (Å²) < 4.78 is 22.3. The first kappa shape index (κ1) is 29.6. The Morgan fingerprint density at radius 1 is 1.11 bits per heavy atom. The van der Waals surface area contributed by atoms with Crippen LogP contribution >= 0.6 is 0 Å². The minimum Gasteiger partial charge on any atom is -0.504 e. The number of carbonyl (C=O) groups excluding carboxylic acids is 3. The molecule has 0 radical (unpaired) electrons. The molecular formula is C32H33NO11. The van der Waals surface area contributed by atoms with Crippen LogP contribution < -0.4 is 4.74 Å². The smallest absolute Gasteiger partial charge is 0.349 e. The van der Waals surface area contributed by atoms with Crippen LogP contribution in [-0.4, -0.2) is 81.5 Å². The summed E-state index contributed by atoms with van der Waals surface area (Å²) in [6.07, 6.45) is -1.68. The molecule has 12 heteroatoms. The Morgan fingerprint density at radius 3 is 2.57 bits per heavy atom. The van der Waals surface area contributed by atoms with Gasteiger partial charge >= 0.3 is 23.9 Å². The molecule has 2 aliphatic carbocycles. The van der Waals surface area contributed by atoms with Crippen LogP contribution in [0.3, 0.4) is 0 Å². The normalized spacial score (nSPS) is 27.8. The van der Waals surface area contributed by atoms with E-state index < -0.39 is 59.6 Å². The molecule has 44 heavy (non-hydrogen) atoms. The molecule has 2 aromatic carbocycles. The summed E-state index contributed by atoms with van der Waals surface area (Å²) in [5, 5.41) is 32.8. The van der Waals surface area contributed by atoms with Gasteiger partial charge in [0.1, 0.15) is 5.76 Å². The van der Waals surface area contributed by atoms with Crippen molar-refractivity contribution in [1.82, 2.24) is 4.90 Å². The minimum atomic E-state index is -1.78. The van der Waals surface area contributed by atoms with Gasteiger partial charge in [-0.05, 0) is 50.6 Å². The molecule has 1 spiro atoms. The van der Waals surface area contributed by atoms with E-state index in [1.807, 2.05) is 13.1 Å². The van der Waals surface area contributed by atoms with Crippen LogP contribution in [0.25, 0.3) is 0 Å². The van der Waals surface area contributed by atoms with Gasteiger partial charge in [0.2, 0.25) is 12.2 Å². The molecule has 0 unspecified atom stereocenters. The van der Waals surface area contributed by atoms with Crippen molar-refractivity contribution in [2.45, 2.75) is 74.4 Å². The number of hydrogen-bond donors (Lipinski definition) is 3. The van der Waals surface area contributed by atoms with E-state index in [0.717, 1.165) is 31.0 Å². The predicted octanol–water partition coefficient (Wildman–Crippen LogP) is 2.29. The zero-order valence-electron chi connectivity index (χ0n) is 24.2. The molecule has 0 amide bonds. The molecule has 6 rings (SSSR count). The molecule has 1 saturated heterocycles. The van der Waals surface area contributed by atoms with Gasteiger partial charge in [0, 0.05) is 30.5 Å². The number of phenols is 1. The molecule has 3 N–H and O–H groups in total. The number of likely N-dealkylation sites (tertiary alicyclic amines) is 1. The van der Waals surface area contributed by atoms with E-state index in [-0.39, 0.29) is 35.3 Å². The highest BCUT2D eigenvalue weighted by atomic mass is 16.6. The number of ether oxygens (including phenoxy) is 4. The molecule has 2 aromatic rings. The zero-order chi connectivity index (χ0) is 31.4. The monoisotopic (exact) mass is 607 g/mol. The Hall–Kier alpha value is -4.42. The summed E-state index contributed by atoms with van der Waals surface area (Å²) in [5.41, 5.74) is -0.441. The molecule has 2 heterocycles. The third-order valence-corrected chi connectivity index (χ3v) is 9.29. The summed E-state index contributed by atoms with van der Waals surface area (Å²) in [4.78, 5) is 52.2. The van der Waals surface area contributed by atoms with E-state index in [1.165, 1.54) is 12.1 Å². The van der Waals surface area contributed by atoms with Crippen LogP contribution in [0.15, 0.2) is 54.3 Å². The minimum absolute atomic E-state index is 0.0827. The lowest BCUT2D eigenvalue weighted by molar-refractivity contribution is -0.179. The van der Waals surface area contributed by atoms with Gasteiger partial charge < -0.3 is 39.2 Å². The van der Waals surface area contributed by atoms with Gasteiger partial charge in [-0.3, -0.25) is 9.59 Å². The zero-order valence-corrected chi connectivity index (χ0v) is 24.2. The Bertz CT molecular complexity index is 1550. The number of carboxylic acids is 1. The van der Waals surface area contributed by atoms with Crippen molar-refractivity contribution in [3.05, 3.63) is 71.0 Å². The fourth-order valence-electron chi connectivity index (χ4n) is 7.47. The maximum absolute atomic E-state index is 13.3. The fourth-order valence-corrected chi connectivity index (χ4v) is 7.47. The number of hydrogen-bond acceptors (Lipinski definition) is 11. The highest BCUT2D eigenvalue weighted by molar-refractivity contribution is 5.86. The lowest BCUT2D eigenvalue weighted by Crippen LogP contribution is -2.69. The van der Waals surface area contributed by atoms with E-state index in [9.17, 15) is 34.5 Å².